The van der Waals surface area contributed by atoms with Crippen LogP contribution in [0.2, 0.25) is 0 Å². The molecule has 4 nitrogen and oxygen atoms in total. The van der Waals surface area contributed by atoms with Crippen LogP contribution in [0.3, 0.4) is 0 Å². The Labute approximate surface area is 122 Å². The smallest absolute Gasteiger partial charge is 0.129 e. The van der Waals surface area contributed by atoms with Crippen LogP contribution in [-0.4, -0.2) is 19.2 Å². The van der Waals surface area contributed by atoms with E-state index in [0.717, 1.165) is 39.1 Å². The first-order valence-corrected chi connectivity index (χ1v) is 7.13. The number of aryl methyl sites for hydroxylation is 1. The zero-order chi connectivity index (χ0) is 14.5. The summed E-state index contributed by atoms with van der Waals surface area (Å²) in [5.41, 5.74) is 1.88. The number of hydrogen-bond acceptors (Lipinski definition) is 5. The average molecular weight is 288 g/mol. The van der Waals surface area contributed by atoms with E-state index in [-0.39, 0.29) is 0 Å². The minimum absolute atomic E-state index is 0.396. The first kappa shape index (κ1) is 14.4. The van der Waals surface area contributed by atoms with Crippen molar-refractivity contribution in [2.45, 2.75) is 19.8 Å². The normalized spacial score (nSPS) is 10.1. The summed E-state index contributed by atoms with van der Waals surface area (Å²) in [5, 5.41) is 9.75. The Hall–Kier alpha value is -2.06. The molecule has 20 heavy (non-hydrogen) atoms. The molecule has 0 amide bonds. The fraction of sp³-hybridized carbons (Fsp3) is 0.333. The van der Waals surface area contributed by atoms with Gasteiger partial charge in [0.2, 0.25) is 0 Å². The molecule has 0 fully saturated rings. The van der Waals surface area contributed by atoms with Crippen LogP contribution in [0, 0.1) is 11.3 Å². The number of nitriles is 1. The average Bonchev–Trinajstić information content (AvgIpc) is 2.90. The number of rotatable bonds is 5. The second-order valence-electron chi connectivity index (χ2n) is 4.14. The van der Waals surface area contributed by atoms with Crippen LogP contribution in [0.15, 0.2) is 18.2 Å². The summed E-state index contributed by atoms with van der Waals surface area (Å²) in [6.45, 7) is 2.04. The number of ether oxygens (including phenoxy) is 2. The summed E-state index contributed by atoms with van der Waals surface area (Å²) in [7, 11) is 3.27. The highest BCUT2D eigenvalue weighted by Crippen LogP contribution is 2.37. The fourth-order valence-electron chi connectivity index (χ4n) is 1.97. The SMILES string of the molecule is CCc1nc(-c2cc(OC)ccc2OC)sc1CC#N. The molecule has 0 spiro atoms. The lowest BCUT2D eigenvalue weighted by Crippen LogP contribution is -1.90. The van der Waals surface area contributed by atoms with Crippen LogP contribution < -0.4 is 9.47 Å². The molecule has 0 bridgehead atoms. The van der Waals surface area contributed by atoms with Gasteiger partial charge < -0.3 is 9.47 Å². The van der Waals surface area contributed by atoms with Crippen LogP contribution in [0.4, 0.5) is 0 Å². The molecule has 0 N–H and O–H groups in total. The molecule has 0 radical (unpaired) electrons. The molecular formula is C15H16N2O2S. The molecule has 1 aromatic heterocycles. The van der Waals surface area contributed by atoms with Gasteiger partial charge >= 0.3 is 0 Å². The van der Waals surface area contributed by atoms with Crippen molar-refractivity contribution in [3.05, 3.63) is 28.8 Å². The van der Waals surface area contributed by atoms with Crippen molar-refractivity contribution in [3.8, 4) is 28.1 Å². The fourth-order valence-corrected chi connectivity index (χ4v) is 3.07. The summed E-state index contributed by atoms with van der Waals surface area (Å²) < 4.78 is 10.6. The maximum absolute atomic E-state index is 8.89. The molecule has 104 valence electrons. The van der Waals surface area contributed by atoms with Gasteiger partial charge in [-0.15, -0.1) is 11.3 Å². The Morgan fingerprint density at radius 1 is 1.30 bits per heavy atom. The standard InChI is InChI=1S/C15H16N2O2S/c1-4-12-14(7-8-16)20-15(17-12)11-9-10(18-2)5-6-13(11)19-3/h5-6,9H,4,7H2,1-3H3. The largest absolute Gasteiger partial charge is 0.497 e. The second-order valence-corrected chi connectivity index (χ2v) is 5.23. The second kappa shape index (κ2) is 6.40. The van der Waals surface area contributed by atoms with Crippen LogP contribution in [0.5, 0.6) is 11.5 Å². The third-order valence-electron chi connectivity index (χ3n) is 2.99. The molecule has 2 aromatic rings. The van der Waals surface area contributed by atoms with Crippen molar-refractivity contribution < 1.29 is 9.47 Å². The minimum atomic E-state index is 0.396. The lowest BCUT2D eigenvalue weighted by Gasteiger charge is -2.08. The van der Waals surface area contributed by atoms with Gasteiger partial charge in [0.05, 0.1) is 38.0 Å². The quantitative estimate of drug-likeness (QED) is 0.845. The molecule has 1 aromatic carbocycles. The molecule has 0 aliphatic heterocycles. The molecule has 0 saturated heterocycles. The number of methoxy groups -OCH3 is 2. The van der Waals surface area contributed by atoms with Crippen molar-refractivity contribution in [1.82, 2.24) is 4.98 Å². The van der Waals surface area contributed by atoms with Gasteiger partial charge in [0.25, 0.3) is 0 Å². The molecule has 0 unspecified atom stereocenters. The van der Waals surface area contributed by atoms with Crippen molar-refractivity contribution in [1.29, 1.82) is 5.26 Å². The molecule has 0 aliphatic carbocycles. The summed E-state index contributed by atoms with van der Waals surface area (Å²) in [6, 6.07) is 7.82. The summed E-state index contributed by atoms with van der Waals surface area (Å²) >= 11 is 1.54. The van der Waals surface area contributed by atoms with E-state index in [1.165, 1.54) is 0 Å². The van der Waals surface area contributed by atoms with E-state index in [1.807, 2.05) is 25.1 Å². The number of thiazole rings is 1. The first-order valence-electron chi connectivity index (χ1n) is 6.31. The van der Waals surface area contributed by atoms with Crippen molar-refractivity contribution >= 4 is 11.3 Å². The highest BCUT2D eigenvalue weighted by molar-refractivity contribution is 7.15. The molecule has 0 aliphatic rings. The molecular weight excluding hydrogens is 272 g/mol. The molecule has 1 heterocycles. The third kappa shape index (κ3) is 2.75. The van der Waals surface area contributed by atoms with E-state index >= 15 is 0 Å². The number of nitrogens with zero attached hydrogens (tertiary/aromatic N) is 2. The Bertz CT molecular complexity index is 644. The van der Waals surface area contributed by atoms with Gasteiger partial charge in [-0.25, -0.2) is 4.98 Å². The first-order chi connectivity index (χ1) is 9.73. The highest BCUT2D eigenvalue weighted by Gasteiger charge is 2.15. The maximum Gasteiger partial charge on any atom is 0.129 e. The molecule has 2 rings (SSSR count). The number of benzene rings is 1. The van der Waals surface area contributed by atoms with E-state index in [4.69, 9.17) is 14.7 Å². The van der Waals surface area contributed by atoms with Crippen LogP contribution in [0.25, 0.3) is 10.6 Å². The summed E-state index contributed by atoms with van der Waals surface area (Å²) in [4.78, 5) is 5.66. The predicted octanol–water partition coefficient (Wildman–Crippen LogP) is 3.46. The zero-order valence-corrected chi connectivity index (χ0v) is 12.6. The predicted molar refractivity (Wildman–Crippen MR) is 79.3 cm³/mol. The van der Waals surface area contributed by atoms with Crippen LogP contribution >= 0.6 is 11.3 Å². The van der Waals surface area contributed by atoms with Gasteiger partial charge in [-0.2, -0.15) is 5.26 Å². The van der Waals surface area contributed by atoms with Crippen LogP contribution in [-0.2, 0) is 12.8 Å². The van der Waals surface area contributed by atoms with Gasteiger partial charge in [0, 0.05) is 4.88 Å². The summed E-state index contributed by atoms with van der Waals surface area (Å²) in [5.74, 6) is 1.52. The van der Waals surface area contributed by atoms with E-state index in [2.05, 4.69) is 11.1 Å². The van der Waals surface area contributed by atoms with Gasteiger partial charge in [0.15, 0.2) is 0 Å². The van der Waals surface area contributed by atoms with E-state index < -0.39 is 0 Å². The minimum Gasteiger partial charge on any atom is -0.497 e. The Morgan fingerprint density at radius 2 is 2.10 bits per heavy atom. The zero-order valence-electron chi connectivity index (χ0n) is 11.8. The van der Waals surface area contributed by atoms with Gasteiger partial charge in [-0.1, -0.05) is 6.92 Å². The van der Waals surface area contributed by atoms with E-state index in [9.17, 15) is 0 Å². The number of aromatic nitrogens is 1. The van der Waals surface area contributed by atoms with E-state index in [0.29, 0.717) is 6.42 Å². The number of hydrogen-bond donors (Lipinski definition) is 0. The van der Waals surface area contributed by atoms with Gasteiger partial charge in [-0.3, -0.25) is 0 Å². The Balaban J connectivity index is 2.52. The monoisotopic (exact) mass is 288 g/mol. The van der Waals surface area contributed by atoms with Crippen molar-refractivity contribution in [3.63, 3.8) is 0 Å². The maximum atomic E-state index is 8.89. The highest BCUT2D eigenvalue weighted by atomic mass is 32.1. The lowest BCUT2D eigenvalue weighted by atomic mass is 10.2. The van der Waals surface area contributed by atoms with Crippen LogP contribution in [0.1, 0.15) is 17.5 Å². The third-order valence-corrected chi connectivity index (χ3v) is 4.12. The van der Waals surface area contributed by atoms with E-state index in [1.54, 1.807) is 25.6 Å². The summed E-state index contributed by atoms with van der Waals surface area (Å²) in [6.07, 6.45) is 1.22. The topological polar surface area (TPSA) is 55.1 Å². The Kier molecular flexibility index (Phi) is 4.59. The van der Waals surface area contributed by atoms with Crippen molar-refractivity contribution in [2.75, 3.05) is 14.2 Å². The van der Waals surface area contributed by atoms with Gasteiger partial charge in [0.1, 0.15) is 16.5 Å². The molecule has 0 atom stereocenters. The molecule has 5 heteroatoms. The molecule has 0 saturated carbocycles. The lowest BCUT2D eigenvalue weighted by molar-refractivity contribution is 0.404. The van der Waals surface area contributed by atoms with Crippen molar-refractivity contribution in [2.24, 2.45) is 0 Å². The van der Waals surface area contributed by atoms with Gasteiger partial charge in [-0.05, 0) is 24.6 Å². The Morgan fingerprint density at radius 3 is 2.70 bits per heavy atom.